The minimum Gasteiger partial charge on any atom is -0.468 e. The first kappa shape index (κ1) is 18.5. The number of pyridine rings is 1. The number of aryl methyl sites for hydroxylation is 1. The molecule has 0 unspecified atom stereocenters. The van der Waals surface area contributed by atoms with E-state index in [2.05, 4.69) is 30.4 Å². The molecule has 0 atom stereocenters. The molecule has 0 spiro atoms. The number of halogens is 4. The molecule has 24 heavy (non-hydrogen) atoms. The Morgan fingerprint density at radius 2 is 1.96 bits per heavy atom. The largest absolute Gasteiger partial charge is 0.468 e. The number of nitrogens with zero attached hydrogens (tertiary/aromatic N) is 1. The Labute approximate surface area is 145 Å². The Morgan fingerprint density at radius 3 is 2.54 bits per heavy atom. The number of sulfonamides is 1. The number of aromatic nitrogens is 1. The summed E-state index contributed by atoms with van der Waals surface area (Å²) in [6, 6.07) is 7.22. The molecule has 1 heterocycles. The standard InChI is InChI=1S/C14H12BrF3N2O3S/c1-9-2-3-10(15)6-12(9)24(21,22)20-11-4-5-13(19-7-11)23-8-14(16,17)18/h2-7,20H,8H2,1H3. The van der Waals surface area contributed by atoms with Crippen molar-refractivity contribution in [1.82, 2.24) is 4.98 Å². The van der Waals surface area contributed by atoms with E-state index in [0.717, 1.165) is 12.3 Å². The molecule has 5 nitrogen and oxygen atoms in total. The molecule has 130 valence electrons. The molecule has 0 aliphatic carbocycles. The van der Waals surface area contributed by atoms with Gasteiger partial charge in [0.15, 0.2) is 6.61 Å². The first-order chi connectivity index (χ1) is 11.1. The van der Waals surface area contributed by atoms with Crippen LogP contribution in [0.3, 0.4) is 0 Å². The van der Waals surface area contributed by atoms with Crippen LogP contribution < -0.4 is 9.46 Å². The third-order valence-corrected chi connectivity index (χ3v) is 4.83. The molecule has 10 heteroatoms. The fourth-order valence-corrected chi connectivity index (χ4v) is 3.58. The highest BCUT2D eigenvalue weighted by Crippen LogP contribution is 2.24. The Kier molecular flexibility index (Phi) is 5.38. The Balaban J connectivity index is 2.14. The summed E-state index contributed by atoms with van der Waals surface area (Å²) in [5.41, 5.74) is 0.650. The zero-order valence-corrected chi connectivity index (χ0v) is 14.7. The highest BCUT2D eigenvalue weighted by atomic mass is 79.9. The zero-order valence-electron chi connectivity index (χ0n) is 12.3. The Bertz CT molecular complexity index is 824. The van der Waals surface area contributed by atoms with Gasteiger partial charge in [-0.2, -0.15) is 13.2 Å². The van der Waals surface area contributed by atoms with E-state index in [1.54, 1.807) is 19.1 Å². The van der Waals surface area contributed by atoms with Crippen LogP contribution in [0.4, 0.5) is 18.9 Å². The van der Waals surface area contributed by atoms with Gasteiger partial charge in [0.05, 0.1) is 16.8 Å². The summed E-state index contributed by atoms with van der Waals surface area (Å²) in [5.74, 6) is -0.256. The van der Waals surface area contributed by atoms with E-state index in [9.17, 15) is 21.6 Å². The molecule has 0 bridgehead atoms. The van der Waals surface area contributed by atoms with Gasteiger partial charge in [0, 0.05) is 10.5 Å². The lowest BCUT2D eigenvalue weighted by molar-refractivity contribution is -0.154. The van der Waals surface area contributed by atoms with Gasteiger partial charge in [-0.1, -0.05) is 22.0 Å². The van der Waals surface area contributed by atoms with Crippen molar-refractivity contribution < 1.29 is 26.3 Å². The van der Waals surface area contributed by atoms with Crippen LogP contribution in [0, 0.1) is 6.92 Å². The minimum absolute atomic E-state index is 0.0780. The fraction of sp³-hybridized carbons (Fsp3) is 0.214. The smallest absolute Gasteiger partial charge is 0.422 e. The predicted molar refractivity (Wildman–Crippen MR) is 85.5 cm³/mol. The summed E-state index contributed by atoms with van der Waals surface area (Å²) < 4.78 is 68.3. The van der Waals surface area contributed by atoms with Gasteiger partial charge < -0.3 is 4.74 Å². The summed E-state index contributed by atoms with van der Waals surface area (Å²) >= 11 is 3.20. The molecule has 1 N–H and O–H groups in total. The molecule has 0 saturated heterocycles. The van der Waals surface area contributed by atoms with E-state index in [4.69, 9.17) is 0 Å². The van der Waals surface area contributed by atoms with Crippen molar-refractivity contribution in [2.45, 2.75) is 18.0 Å². The molecule has 2 aromatic rings. The summed E-state index contributed by atoms with van der Waals surface area (Å²) in [7, 11) is -3.86. The first-order valence-electron chi connectivity index (χ1n) is 6.51. The lowest BCUT2D eigenvalue weighted by Crippen LogP contribution is -2.19. The number of nitrogens with one attached hydrogen (secondary N) is 1. The second kappa shape index (κ2) is 6.98. The summed E-state index contributed by atoms with van der Waals surface area (Å²) in [6.07, 6.45) is -3.39. The molecule has 0 radical (unpaired) electrons. The molecule has 0 fully saturated rings. The first-order valence-corrected chi connectivity index (χ1v) is 8.79. The Morgan fingerprint density at radius 1 is 1.25 bits per heavy atom. The van der Waals surface area contributed by atoms with Crippen LogP contribution in [0.1, 0.15) is 5.56 Å². The summed E-state index contributed by atoms with van der Waals surface area (Å²) in [5, 5.41) is 0. The molecule has 1 aromatic heterocycles. The van der Waals surface area contributed by atoms with Gasteiger partial charge in [0.25, 0.3) is 10.0 Å². The van der Waals surface area contributed by atoms with Crippen LogP contribution in [0.25, 0.3) is 0 Å². The third-order valence-electron chi connectivity index (χ3n) is 2.81. The summed E-state index contributed by atoms with van der Waals surface area (Å²) in [6.45, 7) is 0.176. The van der Waals surface area contributed by atoms with Crippen molar-refractivity contribution in [2.75, 3.05) is 11.3 Å². The number of hydrogen-bond acceptors (Lipinski definition) is 4. The number of hydrogen-bond donors (Lipinski definition) is 1. The number of benzene rings is 1. The normalized spacial score (nSPS) is 12.0. The van der Waals surface area contributed by atoms with E-state index in [0.29, 0.717) is 10.0 Å². The number of alkyl halides is 3. The monoisotopic (exact) mass is 424 g/mol. The average Bonchev–Trinajstić information content (AvgIpc) is 2.48. The minimum atomic E-state index is -4.47. The molecule has 2 rings (SSSR count). The van der Waals surface area contributed by atoms with Crippen molar-refractivity contribution in [1.29, 1.82) is 0 Å². The van der Waals surface area contributed by atoms with Crippen molar-refractivity contribution in [2.24, 2.45) is 0 Å². The quantitative estimate of drug-likeness (QED) is 0.790. The van der Waals surface area contributed by atoms with Crippen LogP contribution in [0.2, 0.25) is 0 Å². The third kappa shape index (κ3) is 5.10. The molecule has 0 saturated carbocycles. The lowest BCUT2D eigenvalue weighted by Gasteiger charge is -2.11. The molecular weight excluding hydrogens is 413 g/mol. The predicted octanol–water partition coefficient (Wildman–Crippen LogP) is 3.89. The maximum atomic E-state index is 12.4. The van der Waals surface area contributed by atoms with Gasteiger partial charge in [-0.15, -0.1) is 0 Å². The second-order valence-corrected chi connectivity index (χ2v) is 7.37. The van der Waals surface area contributed by atoms with Crippen molar-refractivity contribution >= 4 is 31.6 Å². The highest BCUT2D eigenvalue weighted by Gasteiger charge is 2.28. The van der Waals surface area contributed by atoms with Crippen LogP contribution >= 0.6 is 15.9 Å². The number of ether oxygens (including phenoxy) is 1. The lowest BCUT2D eigenvalue weighted by atomic mass is 10.2. The van der Waals surface area contributed by atoms with E-state index >= 15 is 0 Å². The summed E-state index contributed by atoms with van der Waals surface area (Å²) in [4.78, 5) is 3.72. The molecule has 0 aliphatic rings. The van der Waals surface area contributed by atoms with Crippen molar-refractivity contribution in [3.63, 3.8) is 0 Å². The van der Waals surface area contributed by atoms with Crippen LogP contribution in [-0.2, 0) is 10.0 Å². The van der Waals surface area contributed by atoms with Crippen LogP contribution in [0.15, 0.2) is 45.9 Å². The van der Waals surface area contributed by atoms with Crippen LogP contribution in [0.5, 0.6) is 5.88 Å². The van der Waals surface area contributed by atoms with Crippen molar-refractivity contribution in [3.05, 3.63) is 46.6 Å². The van der Waals surface area contributed by atoms with Gasteiger partial charge in [0.1, 0.15) is 0 Å². The zero-order chi connectivity index (χ0) is 18.0. The van der Waals surface area contributed by atoms with E-state index in [1.807, 2.05) is 0 Å². The molecule has 1 aromatic carbocycles. The SMILES string of the molecule is Cc1ccc(Br)cc1S(=O)(=O)Nc1ccc(OCC(F)(F)F)nc1. The number of anilines is 1. The maximum Gasteiger partial charge on any atom is 0.422 e. The van der Waals surface area contributed by atoms with Gasteiger partial charge in [-0.3, -0.25) is 4.72 Å². The fourth-order valence-electron chi connectivity index (χ4n) is 1.76. The highest BCUT2D eigenvalue weighted by molar-refractivity contribution is 9.10. The average molecular weight is 425 g/mol. The van der Waals surface area contributed by atoms with Crippen molar-refractivity contribution in [3.8, 4) is 5.88 Å². The molecular formula is C14H12BrF3N2O3S. The van der Waals surface area contributed by atoms with E-state index < -0.39 is 22.8 Å². The van der Waals surface area contributed by atoms with E-state index in [1.165, 1.54) is 12.1 Å². The van der Waals surface area contributed by atoms with Gasteiger partial charge in [-0.25, -0.2) is 13.4 Å². The van der Waals surface area contributed by atoms with Gasteiger partial charge in [0.2, 0.25) is 5.88 Å². The van der Waals surface area contributed by atoms with E-state index in [-0.39, 0.29) is 16.5 Å². The maximum absolute atomic E-state index is 12.4. The van der Waals surface area contributed by atoms with Gasteiger partial charge >= 0.3 is 6.18 Å². The molecule has 0 aliphatic heterocycles. The van der Waals surface area contributed by atoms with Gasteiger partial charge in [-0.05, 0) is 30.7 Å². The molecule has 0 amide bonds. The topological polar surface area (TPSA) is 68.3 Å². The number of rotatable bonds is 5. The van der Waals surface area contributed by atoms with Crippen LogP contribution in [-0.4, -0.2) is 26.2 Å². The Hall–Kier alpha value is -1.81. The second-order valence-electron chi connectivity index (χ2n) is 4.80.